The highest BCUT2D eigenvalue weighted by Crippen LogP contribution is 2.29. The van der Waals surface area contributed by atoms with Crippen LogP contribution in [-0.2, 0) is 13.6 Å². The van der Waals surface area contributed by atoms with E-state index in [1.165, 1.54) is 6.42 Å². The molecule has 0 N–H and O–H groups in total. The lowest BCUT2D eigenvalue weighted by Crippen LogP contribution is -2.44. The normalized spacial score (nSPS) is 26.1. The summed E-state index contributed by atoms with van der Waals surface area (Å²) in [4.78, 5) is 0. The van der Waals surface area contributed by atoms with E-state index in [-0.39, 0.29) is 5.60 Å². The zero-order valence-electron chi connectivity index (χ0n) is 13.8. The van der Waals surface area contributed by atoms with E-state index in [9.17, 15) is 0 Å². The lowest BCUT2D eigenvalue weighted by molar-refractivity contribution is -0.148. The molecule has 0 aliphatic carbocycles. The topological polar surface area (TPSA) is 27.7 Å². The second-order valence-corrected chi connectivity index (χ2v) is 16.6. The van der Waals surface area contributed by atoms with E-state index in [4.69, 9.17) is 13.6 Å². The van der Waals surface area contributed by atoms with Crippen molar-refractivity contribution in [1.29, 1.82) is 0 Å². The van der Waals surface area contributed by atoms with Crippen LogP contribution in [-0.4, -0.2) is 41.6 Å². The minimum absolute atomic E-state index is 0.0848. The Hall–Kier alpha value is 0.314. The summed E-state index contributed by atoms with van der Waals surface area (Å²) in [7, 11) is -3.02. The molecule has 0 spiro atoms. The first kappa shape index (κ1) is 17.4. The average Bonchev–Trinajstić information content (AvgIpc) is 2.09. The van der Waals surface area contributed by atoms with Crippen molar-refractivity contribution in [2.75, 3.05) is 13.2 Å². The van der Waals surface area contributed by atoms with E-state index in [1.54, 1.807) is 0 Å². The van der Waals surface area contributed by atoms with Gasteiger partial charge in [0.2, 0.25) is 0 Å². The van der Waals surface area contributed by atoms with Gasteiger partial charge in [-0.2, -0.15) is 0 Å². The fraction of sp³-hybridized carbons (Fsp3) is 1.00. The second-order valence-electron chi connectivity index (χ2n) is 7.66. The Labute approximate surface area is 121 Å². The van der Waals surface area contributed by atoms with Crippen LogP contribution in [0.15, 0.2) is 0 Å². The molecule has 1 saturated heterocycles. The smallest absolute Gasteiger partial charge is 0.175 e. The van der Waals surface area contributed by atoms with Crippen molar-refractivity contribution in [1.82, 2.24) is 0 Å². The molecule has 2 unspecified atom stereocenters. The van der Waals surface area contributed by atoms with Crippen LogP contribution < -0.4 is 0 Å². The van der Waals surface area contributed by atoms with Crippen LogP contribution in [0.1, 0.15) is 26.7 Å². The zero-order valence-corrected chi connectivity index (χ0v) is 15.8. The maximum atomic E-state index is 6.35. The highest BCUT2D eigenvalue weighted by molar-refractivity contribution is 6.84. The molecular formula is C14H32O3Si2. The summed E-state index contributed by atoms with van der Waals surface area (Å²) in [6.45, 7) is 17.5. The molecule has 1 aliphatic rings. The Bertz CT molecular complexity index is 283. The van der Waals surface area contributed by atoms with Gasteiger partial charge in [0.25, 0.3) is 0 Å². The summed E-state index contributed by atoms with van der Waals surface area (Å²) in [6.07, 6.45) is 2.47. The minimum atomic E-state index is -1.59. The molecule has 1 fully saturated rings. The van der Waals surface area contributed by atoms with E-state index < -0.39 is 16.6 Å². The summed E-state index contributed by atoms with van der Waals surface area (Å²) in [5, 5.41) is 0. The largest absolute Gasteiger partial charge is 0.456 e. The van der Waals surface area contributed by atoms with Crippen molar-refractivity contribution in [3.63, 3.8) is 0 Å². The molecule has 0 amide bonds. The van der Waals surface area contributed by atoms with Gasteiger partial charge in [-0.1, -0.05) is 0 Å². The standard InChI is InChI=1S/C14H32O3Si2/c1-13(12-19(6,7)17-18(3,4)5)15-10-8-14(2)9-11-16-14/h13H,8-12H2,1-7H3. The molecular weight excluding hydrogens is 272 g/mol. The van der Waals surface area contributed by atoms with Gasteiger partial charge in [0.15, 0.2) is 16.6 Å². The van der Waals surface area contributed by atoms with Gasteiger partial charge in [0.05, 0.1) is 18.3 Å². The van der Waals surface area contributed by atoms with Crippen LogP contribution in [0.2, 0.25) is 38.8 Å². The predicted octanol–water partition coefficient (Wildman–Crippen LogP) is 4.02. The molecule has 0 saturated carbocycles. The van der Waals surface area contributed by atoms with E-state index in [1.807, 2.05) is 0 Å². The summed E-state index contributed by atoms with van der Waals surface area (Å²) < 4.78 is 17.9. The van der Waals surface area contributed by atoms with Crippen LogP contribution in [0.4, 0.5) is 0 Å². The van der Waals surface area contributed by atoms with Gasteiger partial charge in [0.1, 0.15) is 0 Å². The van der Waals surface area contributed by atoms with Gasteiger partial charge in [-0.25, -0.2) is 0 Å². The average molecular weight is 305 g/mol. The number of hydrogen-bond acceptors (Lipinski definition) is 3. The van der Waals surface area contributed by atoms with Crippen LogP contribution in [0.5, 0.6) is 0 Å². The first-order chi connectivity index (χ1) is 8.52. The summed E-state index contributed by atoms with van der Waals surface area (Å²) in [5.74, 6) is 0. The molecule has 0 radical (unpaired) electrons. The van der Waals surface area contributed by atoms with Crippen LogP contribution in [0.3, 0.4) is 0 Å². The number of ether oxygens (including phenoxy) is 2. The quantitative estimate of drug-likeness (QED) is 0.634. The Balaban J connectivity index is 2.24. The molecule has 5 heteroatoms. The first-order valence-electron chi connectivity index (χ1n) is 7.47. The van der Waals surface area contributed by atoms with Crippen molar-refractivity contribution in [3.8, 4) is 0 Å². The summed E-state index contributed by atoms with van der Waals surface area (Å²) >= 11 is 0. The van der Waals surface area contributed by atoms with Gasteiger partial charge < -0.3 is 13.6 Å². The Morgan fingerprint density at radius 1 is 1.21 bits per heavy atom. The van der Waals surface area contributed by atoms with Crippen molar-refractivity contribution >= 4 is 16.6 Å². The lowest BCUT2D eigenvalue weighted by atomic mass is 9.94. The summed E-state index contributed by atoms with van der Waals surface area (Å²) in [6, 6.07) is 1.08. The van der Waals surface area contributed by atoms with Gasteiger partial charge >= 0.3 is 0 Å². The van der Waals surface area contributed by atoms with Crippen molar-refractivity contribution in [2.45, 2.75) is 77.2 Å². The van der Waals surface area contributed by atoms with E-state index in [0.29, 0.717) is 6.10 Å². The predicted molar refractivity (Wildman–Crippen MR) is 85.7 cm³/mol. The second kappa shape index (κ2) is 6.39. The molecule has 2 atom stereocenters. The summed E-state index contributed by atoms with van der Waals surface area (Å²) in [5.41, 5.74) is 0.0848. The molecule has 0 aromatic heterocycles. The molecule has 1 rings (SSSR count). The number of rotatable bonds is 8. The fourth-order valence-electron chi connectivity index (χ4n) is 2.75. The van der Waals surface area contributed by atoms with Gasteiger partial charge in [-0.3, -0.25) is 0 Å². The maximum absolute atomic E-state index is 6.35. The molecule has 0 aromatic rings. The molecule has 114 valence electrons. The Morgan fingerprint density at radius 2 is 1.79 bits per heavy atom. The molecule has 19 heavy (non-hydrogen) atoms. The maximum Gasteiger partial charge on any atom is 0.175 e. The van der Waals surface area contributed by atoms with Crippen LogP contribution in [0.25, 0.3) is 0 Å². The Morgan fingerprint density at radius 3 is 2.21 bits per heavy atom. The first-order valence-corrected chi connectivity index (χ1v) is 14.0. The van der Waals surface area contributed by atoms with Crippen LogP contribution in [0, 0.1) is 0 Å². The third-order valence-corrected chi connectivity index (χ3v) is 9.69. The molecule has 3 nitrogen and oxygen atoms in total. The number of hydrogen-bond donors (Lipinski definition) is 0. The Kier molecular flexibility index (Phi) is 5.84. The van der Waals surface area contributed by atoms with Crippen LogP contribution >= 0.6 is 0 Å². The van der Waals surface area contributed by atoms with Gasteiger partial charge in [0, 0.05) is 6.61 Å². The lowest BCUT2D eigenvalue weighted by Gasteiger charge is -2.39. The zero-order chi connectivity index (χ0) is 14.7. The molecule has 0 bridgehead atoms. The fourth-order valence-corrected chi connectivity index (χ4v) is 11.2. The van der Waals surface area contributed by atoms with Crippen molar-refractivity contribution in [2.24, 2.45) is 0 Å². The monoisotopic (exact) mass is 304 g/mol. The molecule has 0 aromatic carbocycles. The third kappa shape index (κ3) is 7.04. The molecule has 1 heterocycles. The molecule has 1 aliphatic heterocycles. The SMILES string of the molecule is CC(C[Si](C)(C)O[Si](C)(C)C)OCCC1(C)CCO1. The van der Waals surface area contributed by atoms with E-state index in [0.717, 1.165) is 25.7 Å². The van der Waals surface area contributed by atoms with Gasteiger partial charge in [-0.05, 0) is 65.5 Å². The van der Waals surface area contributed by atoms with E-state index in [2.05, 4.69) is 46.6 Å². The van der Waals surface area contributed by atoms with Crippen molar-refractivity contribution < 1.29 is 13.6 Å². The van der Waals surface area contributed by atoms with Crippen molar-refractivity contribution in [3.05, 3.63) is 0 Å². The minimum Gasteiger partial charge on any atom is -0.456 e. The van der Waals surface area contributed by atoms with E-state index >= 15 is 0 Å². The highest BCUT2D eigenvalue weighted by atomic mass is 28.4. The highest BCUT2D eigenvalue weighted by Gasteiger charge is 2.34. The third-order valence-electron chi connectivity index (χ3n) is 3.48. The van der Waals surface area contributed by atoms with Gasteiger partial charge in [-0.15, -0.1) is 0 Å².